The first-order chi connectivity index (χ1) is 17.1. The summed E-state index contributed by atoms with van der Waals surface area (Å²) in [5.74, 6) is 0.275. The third-order valence-electron chi connectivity index (χ3n) is 7.22. The second-order valence-electron chi connectivity index (χ2n) is 9.54. The Morgan fingerprint density at radius 3 is 2.09 bits per heavy atom. The average molecular weight is 469 g/mol. The zero-order chi connectivity index (χ0) is 24.3. The van der Waals surface area contributed by atoms with Gasteiger partial charge in [0.25, 0.3) is 5.91 Å². The smallest absolute Gasteiger partial charge is 0.254 e. The van der Waals surface area contributed by atoms with E-state index in [0.29, 0.717) is 19.5 Å². The molecule has 35 heavy (non-hydrogen) atoms. The van der Waals surface area contributed by atoms with Gasteiger partial charge in [0.05, 0.1) is 6.42 Å². The van der Waals surface area contributed by atoms with Crippen molar-refractivity contribution in [2.75, 3.05) is 19.6 Å². The fraction of sp³-hybridized carbons (Fsp3) is 0.310. The number of piperidine rings is 1. The molecule has 0 saturated carbocycles. The molecule has 0 radical (unpaired) electrons. The van der Waals surface area contributed by atoms with Gasteiger partial charge in [-0.25, -0.2) is 0 Å². The number of benzene rings is 3. The van der Waals surface area contributed by atoms with Crippen LogP contribution in [0, 0.1) is 5.92 Å². The molecular weight excluding hydrogens is 436 g/mol. The molecule has 2 fully saturated rings. The second-order valence-corrected chi connectivity index (χ2v) is 9.54. The summed E-state index contributed by atoms with van der Waals surface area (Å²) in [7, 11) is 0. The average Bonchev–Trinajstić information content (AvgIpc) is 3.16. The van der Waals surface area contributed by atoms with Crippen LogP contribution >= 0.6 is 0 Å². The maximum atomic E-state index is 14.1. The summed E-state index contributed by atoms with van der Waals surface area (Å²) in [6.07, 6.45) is 1.69. The Bertz CT molecular complexity index is 1110. The molecule has 2 saturated heterocycles. The van der Waals surface area contributed by atoms with Gasteiger partial charge in [0.1, 0.15) is 6.29 Å². The largest absolute Gasteiger partial charge is 0.342 e. The lowest BCUT2D eigenvalue weighted by Gasteiger charge is -2.36. The summed E-state index contributed by atoms with van der Waals surface area (Å²) in [5.41, 5.74) is 8.29. The molecule has 180 valence electrons. The van der Waals surface area contributed by atoms with Gasteiger partial charge in [-0.2, -0.15) is 0 Å². The van der Waals surface area contributed by atoms with Gasteiger partial charge in [-0.1, -0.05) is 91.0 Å². The number of amides is 2. The molecule has 6 heteroatoms. The van der Waals surface area contributed by atoms with Gasteiger partial charge in [0.2, 0.25) is 5.91 Å². The van der Waals surface area contributed by atoms with Crippen LogP contribution in [-0.2, 0) is 21.5 Å². The highest BCUT2D eigenvalue weighted by atomic mass is 16.2. The lowest BCUT2D eigenvalue weighted by atomic mass is 9.82. The van der Waals surface area contributed by atoms with E-state index in [1.54, 1.807) is 4.90 Å². The summed E-state index contributed by atoms with van der Waals surface area (Å²) >= 11 is 0. The van der Waals surface area contributed by atoms with Gasteiger partial charge in [-0.15, -0.1) is 0 Å². The van der Waals surface area contributed by atoms with Crippen molar-refractivity contribution in [2.24, 2.45) is 11.7 Å². The van der Waals surface area contributed by atoms with Crippen LogP contribution in [0.3, 0.4) is 0 Å². The third kappa shape index (κ3) is 4.59. The maximum Gasteiger partial charge on any atom is 0.254 e. The van der Waals surface area contributed by atoms with Gasteiger partial charge in [0, 0.05) is 19.6 Å². The highest BCUT2D eigenvalue weighted by molar-refractivity contribution is 5.94. The van der Waals surface area contributed by atoms with Crippen molar-refractivity contribution in [3.05, 3.63) is 108 Å². The monoisotopic (exact) mass is 468 g/mol. The lowest BCUT2D eigenvalue weighted by molar-refractivity contribution is -0.134. The molecule has 6 nitrogen and oxygen atoms in total. The predicted molar refractivity (Wildman–Crippen MR) is 136 cm³/mol. The van der Waals surface area contributed by atoms with E-state index in [0.717, 1.165) is 36.1 Å². The minimum Gasteiger partial charge on any atom is -0.342 e. The molecule has 5 rings (SSSR count). The summed E-state index contributed by atoms with van der Waals surface area (Å²) < 4.78 is 0. The van der Waals surface area contributed by atoms with E-state index in [1.807, 2.05) is 95.9 Å². The Balaban J connectivity index is 1.34. The van der Waals surface area contributed by atoms with E-state index in [-0.39, 0.29) is 17.7 Å². The molecule has 0 unspecified atom stereocenters. The first kappa shape index (κ1) is 23.3. The highest BCUT2D eigenvalue weighted by Crippen LogP contribution is 2.37. The topological polar surface area (TPSA) is 78.7 Å². The molecule has 3 aromatic carbocycles. The highest BCUT2D eigenvalue weighted by Gasteiger charge is 2.53. The molecule has 0 aliphatic carbocycles. The third-order valence-corrected chi connectivity index (χ3v) is 7.22. The Hall–Kier alpha value is -3.48. The van der Waals surface area contributed by atoms with Gasteiger partial charge >= 0.3 is 0 Å². The zero-order valence-electron chi connectivity index (χ0n) is 19.8. The maximum absolute atomic E-state index is 14.1. The number of rotatable bonds is 6. The van der Waals surface area contributed by atoms with Crippen LogP contribution in [-0.4, -0.2) is 47.5 Å². The summed E-state index contributed by atoms with van der Waals surface area (Å²) in [6.45, 7) is 1.92. The number of carbonyl (C=O) groups excluding carboxylic acids is 2. The molecule has 0 aromatic heterocycles. The fourth-order valence-electron chi connectivity index (χ4n) is 5.46. The molecule has 2 heterocycles. The van der Waals surface area contributed by atoms with Crippen LogP contribution < -0.4 is 11.1 Å². The molecule has 2 atom stereocenters. The molecular formula is C29H32N4O2. The number of nitrogens with two attached hydrogens (primary N) is 1. The van der Waals surface area contributed by atoms with Crippen LogP contribution in [0.1, 0.15) is 29.5 Å². The van der Waals surface area contributed by atoms with Crippen LogP contribution in [0.15, 0.2) is 91.0 Å². The van der Waals surface area contributed by atoms with Crippen LogP contribution in [0.5, 0.6) is 0 Å². The van der Waals surface area contributed by atoms with E-state index in [1.165, 1.54) is 0 Å². The lowest BCUT2D eigenvalue weighted by Crippen LogP contribution is -2.50. The Kier molecular flexibility index (Phi) is 6.66. The standard InChI is InChI=1S/C29H32N4O2/c30-28-31-29(24-14-6-2-7-15-24,25-16-8-3-9-17-25)27(35)33(28)21-23-13-10-18-32(20-23)26(34)19-22-11-4-1-5-12-22/h1-9,11-12,14-17,23,28,31H,10,13,18-21,30H2/t23-,28-/m1/s1. The van der Waals surface area contributed by atoms with Gasteiger partial charge < -0.3 is 9.80 Å². The van der Waals surface area contributed by atoms with Gasteiger partial charge in [-0.05, 0) is 35.4 Å². The summed E-state index contributed by atoms with van der Waals surface area (Å²) in [4.78, 5) is 30.7. The number of nitrogens with zero attached hydrogens (tertiary/aromatic N) is 2. The van der Waals surface area contributed by atoms with Gasteiger partial charge in [0.15, 0.2) is 5.54 Å². The van der Waals surface area contributed by atoms with Gasteiger partial charge in [-0.3, -0.25) is 20.6 Å². The molecule has 3 aromatic rings. The Morgan fingerprint density at radius 2 is 1.49 bits per heavy atom. The van der Waals surface area contributed by atoms with Crippen molar-refractivity contribution in [3.8, 4) is 0 Å². The van der Waals surface area contributed by atoms with Crippen molar-refractivity contribution in [2.45, 2.75) is 31.1 Å². The minimum atomic E-state index is -1.03. The van der Waals surface area contributed by atoms with Crippen LogP contribution in [0.4, 0.5) is 0 Å². The normalized spacial score (nSPS) is 21.8. The van der Waals surface area contributed by atoms with Crippen molar-refractivity contribution >= 4 is 11.8 Å². The molecule has 2 aliphatic heterocycles. The number of carbonyl (C=O) groups is 2. The fourth-order valence-corrected chi connectivity index (χ4v) is 5.46. The number of nitrogens with one attached hydrogen (secondary N) is 1. The van der Waals surface area contributed by atoms with Crippen molar-refractivity contribution in [1.29, 1.82) is 0 Å². The minimum absolute atomic E-state index is 0.0462. The Morgan fingerprint density at radius 1 is 0.914 bits per heavy atom. The summed E-state index contributed by atoms with van der Waals surface area (Å²) in [6, 6.07) is 29.4. The van der Waals surface area contributed by atoms with E-state index in [9.17, 15) is 9.59 Å². The molecule has 0 spiro atoms. The first-order valence-electron chi connectivity index (χ1n) is 12.3. The number of hydrogen-bond acceptors (Lipinski definition) is 4. The van der Waals surface area contributed by atoms with Crippen LogP contribution in [0.2, 0.25) is 0 Å². The molecule has 2 amide bonds. The quantitative estimate of drug-likeness (QED) is 0.583. The van der Waals surface area contributed by atoms with E-state index in [4.69, 9.17) is 5.73 Å². The van der Waals surface area contributed by atoms with Crippen LogP contribution in [0.25, 0.3) is 0 Å². The van der Waals surface area contributed by atoms with Crippen molar-refractivity contribution in [1.82, 2.24) is 15.1 Å². The molecule has 0 bridgehead atoms. The first-order valence-corrected chi connectivity index (χ1v) is 12.3. The zero-order valence-corrected chi connectivity index (χ0v) is 19.8. The molecule has 2 aliphatic rings. The van der Waals surface area contributed by atoms with E-state index in [2.05, 4.69) is 5.32 Å². The Labute approximate surface area is 206 Å². The van der Waals surface area contributed by atoms with E-state index < -0.39 is 11.8 Å². The number of likely N-dealkylation sites (tertiary alicyclic amines) is 1. The van der Waals surface area contributed by atoms with Crippen molar-refractivity contribution in [3.63, 3.8) is 0 Å². The molecule has 3 N–H and O–H groups in total. The second kappa shape index (κ2) is 10.0. The SMILES string of the molecule is N[C@@H]1NC(c2ccccc2)(c2ccccc2)C(=O)N1C[C@@H]1CCCN(C(=O)Cc2ccccc2)C1. The summed E-state index contributed by atoms with van der Waals surface area (Å²) in [5, 5.41) is 3.43. The predicted octanol–water partition coefficient (Wildman–Crippen LogP) is 3.09. The number of hydrogen-bond donors (Lipinski definition) is 2. The van der Waals surface area contributed by atoms with E-state index >= 15 is 0 Å². The van der Waals surface area contributed by atoms with Crippen molar-refractivity contribution < 1.29 is 9.59 Å².